The summed E-state index contributed by atoms with van der Waals surface area (Å²) < 4.78 is 87.0. The maximum absolute atomic E-state index is 14.4. The zero-order valence-corrected chi connectivity index (χ0v) is 29.0. The van der Waals surface area contributed by atoms with Gasteiger partial charge in [-0.15, -0.1) is 0 Å². The number of fused-ring (bicyclic) bond motifs is 8. The van der Waals surface area contributed by atoms with Gasteiger partial charge in [0.25, 0.3) is 0 Å². The van der Waals surface area contributed by atoms with Crippen LogP contribution in [0.1, 0.15) is 41.2 Å². The summed E-state index contributed by atoms with van der Waals surface area (Å²) in [6.07, 6.45) is -0.525. The van der Waals surface area contributed by atoms with Crippen molar-refractivity contribution >= 4 is 22.5 Å². The van der Waals surface area contributed by atoms with E-state index >= 15 is 0 Å². The Bertz CT molecular complexity index is 2180. The van der Waals surface area contributed by atoms with Gasteiger partial charge in [-0.2, -0.15) is 13.2 Å². The maximum atomic E-state index is 14.4. The summed E-state index contributed by atoms with van der Waals surface area (Å²) in [6.45, 7) is 2.80. The molecule has 6 nitrogen and oxygen atoms in total. The van der Waals surface area contributed by atoms with E-state index in [0.29, 0.717) is 71.2 Å². The molecule has 1 saturated heterocycles. The second-order valence-corrected chi connectivity index (χ2v) is 13.2. The minimum absolute atomic E-state index is 0.229. The van der Waals surface area contributed by atoms with E-state index in [4.69, 9.17) is 23.7 Å². The highest BCUT2D eigenvalue weighted by molar-refractivity contribution is 6.10. The van der Waals surface area contributed by atoms with Gasteiger partial charge < -0.3 is 28.6 Å². The average Bonchev–Trinajstić information content (AvgIpc) is 3.47. The van der Waals surface area contributed by atoms with Crippen LogP contribution < -0.4 is 19.1 Å². The van der Waals surface area contributed by atoms with Crippen molar-refractivity contribution in [3.63, 3.8) is 0 Å². The number of nitrogens with zero attached hydrogens (tertiary/aromatic N) is 1. The molecule has 268 valence electrons. The fraction of sp³-hybridized carbons (Fsp3) is 0.286. The average molecular weight is 712 g/mol. The van der Waals surface area contributed by atoms with E-state index in [9.17, 15) is 17.6 Å². The van der Waals surface area contributed by atoms with Gasteiger partial charge in [0.05, 0.1) is 33.1 Å². The summed E-state index contributed by atoms with van der Waals surface area (Å²) >= 11 is 0. The van der Waals surface area contributed by atoms with Gasteiger partial charge in [-0.25, -0.2) is 4.39 Å². The summed E-state index contributed by atoms with van der Waals surface area (Å²) in [6, 6.07) is 25.1. The van der Waals surface area contributed by atoms with E-state index in [1.54, 1.807) is 26.4 Å². The third-order valence-electron chi connectivity index (χ3n) is 10.5. The number of rotatable bonds is 8. The summed E-state index contributed by atoms with van der Waals surface area (Å²) in [5.74, 6) is 1.32. The van der Waals surface area contributed by atoms with Gasteiger partial charge in [-0.05, 0) is 71.0 Å². The molecule has 52 heavy (non-hydrogen) atoms. The number of benzene rings is 5. The molecule has 0 aromatic heterocycles. The van der Waals surface area contributed by atoms with E-state index in [-0.39, 0.29) is 6.42 Å². The van der Waals surface area contributed by atoms with E-state index in [2.05, 4.69) is 11.0 Å². The molecule has 2 aliphatic heterocycles. The van der Waals surface area contributed by atoms with E-state index in [1.807, 2.05) is 73.7 Å². The van der Waals surface area contributed by atoms with Crippen LogP contribution in [0.15, 0.2) is 91.0 Å². The van der Waals surface area contributed by atoms with Crippen LogP contribution in [0.2, 0.25) is 0 Å². The second kappa shape index (κ2) is 12.9. The first-order chi connectivity index (χ1) is 25.1. The smallest absolute Gasteiger partial charge is 0.411 e. The molecule has 5 aromatic carbocycles. The molecule has 2 atom stereocenters. The molecule has 1 aliphatic carbocycles. The Kier molecular flexibility index (Phi) is 8.42. The Hall–Kier alpha value is -5.06. The lowest BCUT2D eigenvalue weighted by atomic mass is 9.79. The van der Waals surface area contributed by atoms with Gasteiger partial charge in [-0.1, -0.05) is 61.5 Å². The normalized spacial score (nSPS) is 20.6. The highest BCUT2D eigenvalue weighted by Crippen LogP contribution is 2.60. The van der Waals surface area contributed by atoms with Crippen molar-refractivity contribution in [3.8, 4) is 28.4 Å². The monoisotopic (exact) mass is 711 g/mol. The number of morpholine rings is 1. The molecule has 3 aliphatic rings. The first kappa shape index (κ1) is 34.0. The molecule has 0 N–H and O–H groups in total. The van der Waals surface area contributed by atoms with Crippen molar-refractivity contribution < 1.29 is 41.2 Å². The highest BCUT2D eigenvalue weighted by Gasteiger charge is 2.50. The molecule has 2 unspecified atom stereocenters. The van der Waals surface area contributed by atoms with Crippen LogP contribution in [-0.4, -0.2) is 53.3 Å². The predicted octanol–water partition coefficient (Wildman–Crippen LogP) is 9.39. The Morgan fingerprint density at radius 2 is 1.54 bits per heavy atom. The van der Waals surface area contributed by atoms with Crippen molar-refractivity contribution in [2.24, 2.45) is 0 Å². The Balaban J connectivity index is 1.47. The zero-order chi connectivity index (χ0) is 36.3. The third-order valence-corrected chi connectivity index (χ3v) is 10.5. The van der Waals surface area contributed by atoms with Crippen LogP contribution in [-0.2, 0) is 20.7 Å². The standard InChI is InChI=1S/C42H37F4NO5/c1-4-40(51-25-42(44,45)46)34-8-6-5-7-30(34)37-32-23-35(47-19-21-50-22-20-47)36(49-3)24-33(32)39-31(38(37)40)17-18-41(52-39,26-9-13-28(43)14-10-26)27-11-15-29(48-2)16-12-27/h5-18,23-24H,4,19-22,25H2,1-3H3. The van der Waals surface area contributed by atoms with Crippen LogP contribution in [0, 0.1) is 5.82 Å². The van der Waals surface area contributed by atoms with Crippen molar-refractivity contribution in [3.05, 3.63) is 125 Å². The molecule has 0 spiro atoms. The van der Waals surface area contributed by atoms with Gasteiger partial charge in [0.15, 0.2) is 5.60 Å². The number of anilines is 1. The van der Waals surface area contributed by atoms with Crippen molar-refractivity contribution in [2.45, 2.75) is 30.7 Å². The lowest BCUT2D eigenvalue weighted by molar-refractivity contribution is -0.200. The molecule has 2 heterocycles. The van der Waals surface area contributed by atoms with Crippen LogP contribution >= 0.6 is 0 Å². The third kappa shape index (κ3) is 5.38. The highest BCUT2D eigenvalue weighted by atomic mass is 19.4. The van der Waals surface area contributed by atoms with Crippen molar-refractivity contribution in [2.75, 3.05) is 52.0 Å². The van der Waals surface area contributed by atoms with Crippen LogP contribution in [0.5, 0.6) is 17.2 Å². The second-order valence-electron chi connectivity index (χ2n) is 13.2. The van der Waals surface area contributed by atoms with Crippen molar-refractivity contribution in [1.82, 2.24) is 0 Å². The number of hydrogen-bond acceptors (Lipinski definition) is 6. The topological polar surface area (TPSA) is 49.4 Å². The summed E-state index contributed by atoms with van der Waals surface area (Å²) in [5, 5.41) is 1.50. The number of hydrogen-bond donors (Lipinski definition) is 0. The minimum Gasteiger partial charge on any atom is -0.497 e. The molecule has 5 aromatic rings. The first-order valence-electron chi connectivity index (χ1n) is 17.3. The van der Waals surface area contributed by atoms with Gasteiger partial charge in [-0.3, -0.25) is 0 Å². The summed E-state index contributed by atoms with van der Waals surface area (Å²) in [7, 11) is 3.20. The Morgan fingerprint density at radius 3 is 2.19 bits per heavy atom. The fourth-order valence-electron chi connectivity index (χ4n) is 8.10. The zero-order valence-electron chi connectivity index (χ0n) is 29.0. The molecule has 10 heteroatoms. The van der Waals surface area contributed by atoms with Gasteiger partial charge in [0, 0.05) is 40.7 Å². The molecular formula is C42H37F4NO5. The van der Waals surface area contributed by atoms with Crippen molar-refractivity contribution in [1.29, 1.82) is 0 Å². The minimum atomic E-state index is -4.56. The molecule has 0 bridgehead atoms. The van der Waals surface area contributed by atoms with Crippen LogP contribution in [0.4, 0.5) is 23.2 Å². The lowest BCUT2D eigenvalue weighted by Gasteiger charge is -2.39. The lowest BCUT2D eigenvalue weighted by Crippen LogP contribution is -2.37. The van der Waals surface area contributed by atoms with Crippen LogP contribution in [0.25, 0.3) is 28.0 Å². The van der Waals surface area contributed by atoms with E-state index in [1.165, 1.54) is 12.1 Å². The number of halogens is 4. The Morgan fingerprint density at radius 1 is 0.846 bits per heavy atom. The first-order valence-corrected chi connectivity index (χ1v) is 17.3. The molecule has 8 rings (SSSR count). The maximum Gasteiger partial charge on any atom is 0.411 e. The van der Waals surface area contributed by atoms with E-state index < -0.39 is 29.8 Å². The van der Waals surface area contributed by atoms with Crippen LogP contribution in [0.3, 0.4) is 0 Å². The Labute approximate surface area is 299 Å². The SMILES string of the molecule is CCC1(OCC(F)(F)F)c2ccccc2-c2c1c1c(c3cc(OC)c(N4CCOCC4)cc23)OC(c2ccc(F)cc2)(c2ccc(OC)cc2)C=C1. The number of ether oxygens (including phenoxy) is 5. The molecule has 1 fully saturated rings. The van der Waals surface area contributed by atoms with E-state index in [0.717, 1.165) is 27.8 Å². The van der Waals surface area contributed by atoms with Gasteiger partial charge in [0.2, 0.25) is 0 Å². The van der Waals surface area contributed by atoms with Gasteiger partial charge in [0.1, 0.15) is 35.3 Å². The number of alkyl halides is 3. The number of methoxy groups -OCH3 is 2. The molecular weight excluding hydrogens is 674 g/mol. The summed E-state index contributed by atoms with van der Waals surface area (Å²) in [4.78, 5) is 2.20. The molecule has 0 radical (unpaired) electrons. The summed E-state index contributed by atoms with van der Waals surface area (Å²) in [5.41, 5.74) is 3.01. The molecule has 0 saturated carbocycles. The molecule has 0 amide bonds. The largest absolute Gasteiger partial charge is 0.497 e. The quantitative estimate of drug-likeness (QED) is 0.150. The fourth-order valence-corrected chi connectivity index (χ4v) is 8.10. The predicted molar refractivity (Wildman–Crippen MR) is 192 cm³/mol. The van der Waals surface area contributed by atoms with Gasteiger partial charge >= 0.3 is 6.18 Å².